The smallest absolute Gasteiger partial charge is 0.338 e. The Labute approximate surface area is 152 Å². The predicted octanol–water partition coefficient (Wildman–Crippen LogP) is 2.49. The van der Waals surface area contributed by atoms with Crippen LogP contribution < -0.4 is 4.90 Å². The first-order valence-corrected chi connectivity index (χ1v) is 9.27. The second kappa shape index (κ2) is 8.65. The Hall–Kier alpha value is -2.36. The zero-order valence-corrected chi connectivity index (χ0v) is 15.1. The molecule has 1 aromatic heterocycles. The molecule has 1 saturated heterocycles. The number of benzene rings is 1. The van der Waals surface area contributed by atoms with Crippen LogP contribution in [0.2, 0.25) is 0 Å². The standard InChI is InChI=1S/C19H21N3O2S/c1-2-24-18(23)17-7-3-5-16(15-17)6-4-9-21-10-12-22(13-11-21)19-20-8-14-25-19/h3,5,7-8,14-15H,2,9-13H2,1H3. The Morgan fingerprint density at radius 1 is 1.32 bits per heavy atom. The molecule has 0 radical (unpaired) electrons. The molecule has 3 rings (SSSR count). The molecule has 0 atom stereocenters. The number of hydrogen-bond acceptors (Lipinski definition) is 6. The molecule has 0 saturated carbocycles. The summed E-state index contributed by atoms with van der Waals surface area (Å²) in [6.07, 6.45) is 1.85. The van der Waals surface area contributed by atoms with Crippen LogP contribution in [0.4, 0.5) is 5.13 Å². The van der Waals surface area contributed by atoms with Gasteiger partial charge >= 0.3 is 5.97 Å². The van der Waals surface area contributed by atoms with Crippen LogP contribution in [0.15, 0.2) is 35.8 Å². The minimum absolute atomic E-state index is 0.301. The maximum absolute atomic E-state index is 11.8. The molecule has 130 valence electrons. The molecule has 0 unspecified atom stereocenters. The number of ether oxygens (including phenoxy) is 1. The number of esters is 1. The van der Waals surface area contributed by atoms with Crippen molar-refractivity contribution in [1.82, 2.24) is 9.88 Å². The number of thiazole rings is 1. The Morgan fingerprint density at radius 3 is 2.88 bits per heavy atom. The summed E-state index contributed by atoms with van der Waals surface area (Å²) in [5, 5.41) is 3.11. The van der Waals surface area contributed by atoms with Gasteiger partial charge in [-0.3, -0.25) is 4.90 Å². The number of hydrogen-bond donors (Lipinski definition) is 0. The maximum Gasteiger partial charge on any atom is 0.338 e. The lowest BCUT2D eigenvalue weighted by atomic mass is 10.1. The van der Waals surface area contributed by atoms with Crippen LogP contribution in [0.5, 0.6) is 0 Å². The molecule has 1 aliphatic rings. The lowest BCUT2D eigenvalue weighted by molar-refractivity contribution is 0.0526. The SMILES string of the molecule is CCOC(=O)c1cccc(C#CCN2CCN(c3nccs3)CC2)c1. The first-order valence-electron chi connectivity index (χ1n) is 8.39. The molecule has 0 aliphatic carbocycles. The van der Waals surface area contributed by atoms with E-state index in [1.54, 1.807) is 30.4 Å². The predicted molar refractivity (Wildman–Crippen MR) is 100 cm³/mol. The van der Waals surface area contributed by atoms with Crippen molar-refractivity contribution < 1.29 is 9.53 Å². The Balaban J connectivity index is 1.52. The number of aromatic nitrogens is 1. The van der Waals surface area contributed by atoms with Crippen LogP contribution >= 0.6 is 11.3 Å². The Kier molecular flexibility index (Phi) is 6.04. The monoisotopic (exact) mass is 355 g/mol. The molecule has 2 aromatic rings. The van der Waals surface area contributed by atoms with Crippen LogP contribution in [0, 0.1) is 11.8 Å². The number of piperazine rings is 1. The Morgan fingerprint density at radius 2 is 2.16 bits per heavy atom. The van der Waals surface area contributed by atoms with Gasteiger partial charge in [0.15, 0.2) is 5.13 Å². The van der Waals surface area contributed by atoms with Crippen molar-refractivity contribution in [3.8, 4) is 11.8 Å². The third kappa shape index (κ3) is 4.81. The first kappa shape index (κ1) is 17.5. The van der Waals surface area contributed by atoms with E-state index in [1.807, 2.05) is 23.7 Å². The number of carbonyl (C=O) groups is 1. The summed E-state index contributed by atoms with van der Waals surface area (Å²) in [4.78, 5) is 20.8. The molecule has 0 amide bonds. The van der Waals surface area contributed by atoms with Gasteiger partial charge in [-0.1, -0.05) is 17.9 Å². The molecular formula is C19H21N3O2S. The van der Waals surface area contributed by atoms with E-state index in [-0.39, 0.29) is 5.97 Å². The summed E-state index contributed by atoms with van der Waals surface area (Å²) in [5.74, 6) is 6.05. The molecule has 0 spiro atoms. The number of anilines is 1. The van der Waals surface area contributed by atoms with E-state index in [0.717, 1.165) is 43.4 Å². The number of carbonyl (C=O) groups excluding carboxylic acids is 1. The largest absolute Gasteiger partial charge is 0.462 e. The summed E-state index contributed by atoms with van der Waals surface area (Å²) < 4.78 is 5.02. The van der Waals surface area contributed by atoms with Crippen molar-refractivity contribution in [2.24, 2.45) is 0 Å². The van der Waals surface area contributed by atoms with Crippen LogP contribution in [-0.4, -0.2) is 55.2 Å². The molecule has 0 N–H and O–H groups in total. The minimum Gasteiger partial charge on any atom is -0.462 e. The lowest BCUT2D eigenvalue weighted by Gasteiger charge is -2.33. The molecule has 25 heavy (non-hydrogen) atoms. The average Bonchev–Trinajstić information content (AvgIpc) is 3.17. The summed E-state index contributed by atoms with van der Waals surface area (Å²) >= 11 is 1.68. The average molecular weight is 355 g/mol. The highest BCUT2D eigenvalue weighted by Gasteiger charge is 2.17. The van der Waals surface area contributed by atoms with Crippen molar-refractivity contribution >= 4 is 22.4 Å². The van der Waals surface area contributed by atoms with Crippen LogP contribution in [0.1, 0.15) is 22.8 Å². The normalized spacial score (nSPS) is 14.7. The van der Waals surface area contributed by atoms with Gasteiger partial charge in [0, 0.05) is 43.3 Å². The van der Waals surface area contributed by atoms with E-state index < -0.39 is 0 Å². The van der Waals surface area contributed by atoms with Gasteiger partial charge in [0.25, 0.3) is 0 Å². The van der Waals surface area contributed by atoms with E-state index in [0.29, 0.717) is 12.2 Å². The molecule has 1 aliphatic heterocycles. The second-order valence-electron chi connectivity index (χ2n) is 5.68. The highest BCUT2D eigenvalue weighted by Crippen LogP contribution is 2.18. The van der Waals surface area contributed by atoms with Gasteiger partial charge in [0.2, 0.25) is 0 Å². The summed E-state index contributed by atoms with van der Waals surface area (Å²) in [7, 11) is 0. The van der Waals surface area contributed by atoms with Gasteiger partial charge in [0.1, 0.15) is 0 Å². The zero-order chi connectivity index (χ0) is 17.5. The van der Waals surface area contributed by atoms with Crippen molar-refractivity contribution in [2.75, 3.05) is 44.2 Å². The van der Waals surface area contributed by atoms with Crippen LogP contribution in [-0.2, 0) is 4.74 Å². The van der Waals surface area contributed by atoms with Crippen molar-refractivity contribution in [3.05, 3.63) is 47.0 Å². The fraction of sp³-hybridized carbons (Fsp3) is 0.368. The molecule has 0 bridgehead atoms. The van der Waals surface area contributed by atoms with E-state index in [4.69, 9.17) is 4.74 Å². The molecule has 5 nitrogen and oxygen atoms in total. The highest BCUT2D eigenvalue weighted by molar-refractivity contribution is 7.13. The minimum atomic E-state index is -0.301. The summed E-state index contributed by atoms with van der Waals surface area (Å²) in [6.45, 7) is 6.84. The summed E-state index contributed by atoms with van der Waals surface area (Å²) in [6, 6.07) is 7.28. The van der Waals surface area contributed by atoms with Gasteiger partial charge in [-0.15, -0.1) is 11.3 Å². The molecule has 2 heterocycles. The Bertz CT molecular complexity index is 756. The first-order chi connectivity index (χ1) is 12.3. The maximum atomic E-state index is 11.8. The zero-order valence-electron chi connectivity index (χ0n) is 14.3. The van der Waals surface area contributed by atoms with Crippen molar-refractivity contribution in [1.29, 1.82) is 0 Å². The highest BCUT2D eigenvalue weighted by atomic mass is 32.1. The topological polar surface area (TPSA) is 45.7 Å². The van der Waals surface area contributed by atoms with Gasteiger partial charge in [-0.05, 0) is 25.1 Å². The third-order valence-corrected chi connectivity index (χ3v) is 4.80. The van der Waals surface area contributed by atoms with Gasteiger partial charge < -0.3 is 9.64 Å². The quantitative estimate of drug-likeness (QED) is 0.623. The molecule has 1 fully saturated rings. The van der Waals surface area contributed by atoms with Crippen LogP contribution in [0.3, 0.4) is 0 Å². The van der Waals surface area contributed by atoms with Gasteiger partial charge in [-0.2, -0.15) is 0 Å². The fourth-order valence-electron chi connectivity index (χ4n) is 2.66. The molecule has 1 aromatic carbocycles. The number of nitrogens with zero attached hydrogens (tertiary/aromatic N) is 3. The van der Waals surface area contributed by atoms with E-state index in [1.165, 1.54) is 0 Å². The lowest BCUT2D eigenvalue weighted by Crippen LogP contribution is -2.46. The third-order valence-electron chi connectivity index (χ3n) is 3.97. The van der Waals surface area contributed by atoms with Crippen molar-refractivity contribution in [2.45, 2.75) is 6.92 Å². The fourth-order valence-corrected chi connectivity index (χ4v) is 3.36. The van der Waals surface area contributed by atoms with E-state index in [9.17, 15) is 4.79 Å². The van der Waals surface area contributed by atoms with E-state index in [2.05, 4.69) is 26.6 Å². The molecule has 6 heteroatoms. The van der Waals surface area contributed by atoms with E-state index >= 15 is 0 Å². The van der Waals surface area contributed by atoms with Gasteiger partial charge in [-0.25, -0.2) is 9.78 Å². The van der Waals surface area contributed by atoms with Crippen molar-refractivity contribution in [3.63, 3.8) is 0 Å². The summed E-state index contributed by atoms with van der Waals surface area (Å²) in [5.41, 5.74) is 1.39. The molecular weight excluding hydrogens is 334 g/mol. The van der Waals surface area contributed by atoms with Gasteiger partial charge in [0.05, 0.1) is 18.7 Å². The van der Waals surface area contributed by atoms with Crippen LogP contribution in [0.25, 0.3) is 0 Å². The second-order valence-corrected chi connectivity index (χ2v) is 6.55. The number of rotatable bonds is 4.